The van der Waals surface area contributed by atoms with Crippen LogP contribution in [0.2, 0.25) is 0 Å². The van der Waals surface area contributed by atoms with Crippen molar-refractivity contribution < 1.29 is 9.26 Å². The summed E-state index contributed by atoms with van der Waals surface area (Å²) >= 11 is 5.58. The van der Waals surface area contributed by atoms with Crippen molar-refractivity contribution in [1.82, 2.24) is 10.1 Å². The van der Waals surface area contributed by atoms with E-state index in [2.05, 4.69) is 10.1 Å². The minimum absolute atomic E-state index is 0.321. The Labute approximate surface area is 80.2 Å². The molecule has 2 unspecified atom stereocenters. The fraction of sp³-hybridized carbons (Fsp3) is 0.750. The topological polar surface area (TPSA) is 48.2 Å². The Balaban J connectivity index is 1.79. The smallest absolute Gasteiger partial charge is 0.230 e. The van der Waals surface area contributed by atoms with Gasteiger partial charge in [-0.1, -0.05) is 5.16 Å². The standard InChI is InChI=1S/C8H9ClN2O2/c9-1-6-10-8(13-11-6)7-4-2-12-3-5(4)7/h4-5,7H,1-3H2. The van der Waals surface area contributed by atoms with Gasteiger partial charge in [-0.25, -0.2) is 0 Å². The van der Waals surface area contributed by atoms with E-state index >= 15 is 0 Å². The summed E-state index contributed by atoms with van der Waals surface area (Å²) in [6.07, 6.45) is 0. The number of hydrogen-bond acceptors (Lipinski definition) is 4. The van der Waals surface area contributed by atoms with Crippen molar-refractivity contribution in [2.45, 2.75) is 11.8 Å². The van der Waals surface area contributed by atoms with Gasteiger partial charge in [-0.3, -0.25) is 0 Å². The second kappa shape index (κ2) is 2.69. The first-order chi connectivity index (χ1) is 6.40. The van der Waals surface area contributed by atoms with Crippen molar-refractivity contribution in [3.05, 3.63) is 11.7 Å². The van der Waals surface area contributed by atoms with E-state index in [4.69, 9.17) is 20.9 Å². The van der Waals surface area contributed by atoms with Crippen molar-refractivity contribution in [3.63, 3.8) is 0 Å². The SMILES string of the molecule is ClCc1noc(C2C3COCC32)n1. The molecule has 13 heavy (non-hydrogen) atoms. The molecule has 5 heteroatoms. The predicted octanol–water partition coefficient (Wildman–Crippen LogP) is 1.17. The van der Waals surface area contributed by atoms with E-state index in [1.165, 1.54) is 0 Å². The van der Waals surface area contributed by atoms with Gasteiger partial charge in [-0.2, -0.15) is 4.98 Å². The summed E-state index contributed by atoms with van der Waals surface area (Å²) in [5, 5.41) is 3.76. The van der Waals surface area contributed by atoms with Crippen molar-refractivity contribution >= 4 is 11.6 Å². The van der Waals surface area contributed by atoms with E-state index in [1.54, 1.807) is 0 Å². The first-order valence-corrected chi connectivity index (χ1v) is 4.90. The Morgan fingerprint density at radius 2 is 2.15 bits per heavy atom. The van der Waals surface area contributed by atoms with Crippen LogP contribution in [0.15, 0.2) is 4.52 Å². The van der Waals surface area contributed by atoms with Gasteiger partial charge < -0.3 is 9.26 Å². The quantitative estimate of drug-likeness (QED) is 0.673. The summed E-state index contributed by atoms with van der Waals surface area (Å²) in [6.45, 7) is 1.68. The lowest BCUT2D eigenvalue weighted by atomic mass is 10.3. The Morgan fingerprint density at radius 3 is 2.77 bits per heavy atom. The third-order valence-electron chi connectivity index (χ3n) is 2.84. The summed E-state index contributed by atoms with van der Waals surface area (Å²) in [5.74, 6) is 3.32. The van der Waals surface area contributed by atoms with Crippen LogP contribution in [-0.4, -0.2) is 23.4 Å². The summed E-state index contributed by atoms with van der Waals surface area (Å²) < 4.78 is 10.4. The first-order valence-electron chi connectivity index (χ1n) is 4.36. The van der Waals surface area contributed by atoms with Gasteiger partial charge >= 0.3 is 0 Å². The molecule has 0 amide bonds. The maximum Gasteiger partial charge on any atom is 0.230 e. The minimum atomic E-state index is 0.321. The van der Waals surface area contributed by atoms with Crippen LogP contribution in [0.25, 0.3) is 0 Å². The molecule has 3 rings (SSSR count). The zero-order valence-electron chi connectivity index (χ0n) is 6.94. The second-order valence-electron chi connectivity index (χ2n) is 3.57. The molecular formula is C8H9ClN2O2. The summed E-state index contributed by atoms with van der Waals surface area (Å²) in [7, 11) is 0. The van der Waals surface area contributed by atoms with E-state index < -0.39 is 0 Å². The van der Waals surface area contributed by atoms with Gasteiger partial charge in [-0.15, -0.1) is 11.6 Å². The molecule has 0 radical (unpaired) electrons. The van der Waals surface area contributed by atoms with E-state index in [9.17, 15) is 0 Å². The lowest BCUT2D eigenvalue weighted by Gasteiger charge is -1.96. The van der Waals surface area contributed by atoms with Gasteiger partial charge in [0.05, 0.1) is 19.1 Å². The van der Waals surface area contributed by atoms with Crippen LogP contribution in [0.3, 0.4) is 0 Å². The third kappa shape index (κ3) is 1.09. The number of fused-ring (bicyclic) bond motifs is 1. The molecule has 0 N–H and O–H groups in total. The lowest BCUT2D eigenvalue weighted by molar-refractivity contribution is 0.155. The average Bonchev–Trinajstić information content (AvgIpc) is 2.65. The molecule has 1 aromatic rings. The van der Waals surface area contributed by atoms with Crippen LogP contribution < -0.4 is 0 Å². The van der Waals surface area contributed by atoms with Crippen LogP contribution >= 0.6 is 11.6 Å². The summed E-state index contributed by atoms with van der Waals surface area (Å²) in [6, 6.07) is 0. The molecule has 1 saturated carbocycles. The molecule has 0 spiro atoms. The molecule has 2 fully saturated rings. The minimum Gasteiger partial charge on any atom is -0.381 e. The van der Waals surface area contributed by atoms with Crippen molar-refractivity contribution in [2.75, 3.05) is 13.2 Å². The molecule has 2 aliphatic rings. The maximum absolute atomic E-state index is 5.58. The lowest BCUT2D eigenvalue weighted by Crippen LogP contribution is -1.97. The Bertz CT molecular complexity index is 318. The number of rotatable bonds is 2. The van der Waals surface area contributed by atoms with Gasteiger partial charge in [0, 0.05) is 5.92 Å². The Kier molecular flexibility index (Phi) is 1.60. The van der Waals surface area contributed by atoms with Gasteiger partial charge in [0.2, 0.25) is 5.89 Å². The van der Waals surface area contributed by atoms with E-state index in [-0.39, 0.29) is 0 Å². The van der Waals surface area contributed by atoms with Crippen molar-refractivity contribution in [3.8, 4) is 0 Å². The molecule has 0 aromatic carbocycles. The predicted molar refractivity (Wildman–Crippen MR) is 44.4 cm³/mol. The fourth-order valence-corrected chi connectivity index (χ4v) is 2.17. The van der Waals surface area contributed by atoms with Gasteiger partial charge in [-0.05, 0) is 11.8 Å². The number of aromatic nitrogens is 2. The van der Waals surface area contributed by atoms with E-state index in [0.29, 0.717) is 29.5 Å². The second-order valence-corrected chi connectivity index (χ2v) is 3.84. The Morgan fingerprint density at radius 1 is 1.38 bits per heavy atom. The molecule has 1 aliphatic carbocycles. The Hall–Kier alpha value is -0.610. The average molecular weight is 201 g/mol. The number of hydrogen-bond donors (Lipinski definition) is 0. The third-order valence-corrected chi connectivity index (χ3v) is 3.08. The van der Waals surface area contributed by atoms with E-state index in [1.807, 2.05) is 0 Å². The molecule has 70 valence electrons. The highest BCUT2D eigenvalue weighted by Crippen LogP contribution is 2.56. The molecule has 1 saturated heterocycles. The van der Waals surface area contributed by atoms with Crippen LogP contribution in [0.4, 0.5) is 0 Å². The van der Waals surface area contributed by atoms with Gasteiger partial charge in [0.1, 0.15) is 0 Å². The van der Waals surface area contributed by atoms with Gasteiger partial charge in [0.25, 0.3) is 0 Å². The maximum atomic E-state index is 5.58. The van der Waals surface area contributed by atoms with Crippen molar-refractivity contribution in [2.24, 2.45) is 11.8 Å². The van der Waals surface area contributed by atoms with Crippen LogP contribution in [0.1, 0.15) is 17.6 Å². The molecule has 4 nitrogen and oxygen atoms in total. The highest BCUT2D eigenvalue weighted by atomic mass is 35.5. The van der Waals surface area contributed by atoms with Crippen molar-refractivity contribution in [1.29, 1.82) is 0 Å². The summed E-state index contributed by atoms with van der Waals surface area (Å²) in [5.41, 5.74) is 0. The zero-order chi connectivity index (χ0) is 8.84. The highest BCUT2D eigenvalue weighted by Gasteiger charge is 2.57. The molecule has 2 heterocycles. The fourth-order valence-electron chi connectivity index (χ4n) is 2.06. The number of nitrogens with zero attached hydrogens (tertiary/aromatic N) is 2. The number of alkyl halides is 1. The van der Waals surface area contributed by atoms with Crippen LogP contribution in [0.5, 0.6) is 0 Å². The summed E-state index contributed by atoms with van der Waals surface area (Å²) in [4.78, 5) is 4.21. The van der Waals surface area contributed by atoms with Crippen LogP contribution in [-0.2, 0) is 10.6 Å². The number of ether oxygens (including phenoxy) is 1. The monoisotopic (exact) mass is 200 g/mol. The molecular weight excluding hydrogens is 192 g/mol. The van der Waals surface area contributed by atoms with Gasteiger partial charge in [0.15, 0.2) is 5.82 Å². The normalized spacial score (nSPS) is 36.2. The molecule has 1 aromatic heterocycles. The molecule has 1 aliphatic heterocycles. The highest BCUT2D eigenvalue weighted by molar-refractivity contribution is 6.16. The first kappa shape index (κ1) is 7.76. The molecule has 2 atom stereocenters. The number of halogens is 1. The zero-order valence-corrected chi connectivity index (χ0v) is 7.70. The largest absolute Gasteiger partial charge is 0.381 e. The van der Waals surface area contributed by atoms with Crippen LogP contribution in [0, 0.1) is 11.8 Å². The molecule has 0 bridgehead atoms. The van der Waals surface area contributed by atoms with E-state index in [0.717, 1.165) is 19.1 Å².